The van der Waals surface area contributed by atoms with E-state index in [1.165, 1.54) is 6.33 Å². The molecule has 3 aromatic heterocycles. The number of carbonyl (C=O) groups is 1. The maximum atomic E-state index is 12.6. The molecule has 4 rings (SSSR count). The fraction of sp³-hybridized carbons (Fsp3) is 0.217. The average Bonchev–Trinajstić information content (AvgIpc) is 3.16. The van der Waals surface area contributed by atoms with Crippen LogP contribution in [0.5, 0.6) is 0 Å². The lowest BCUT2D eigenvalue weighted by Gasteiger charge is -2.09. The quantitative estimate of drug-likeness (QED) is 0.501. The normalized spacial score (nSPS) is 11.0. The summed E-state index contributed by atoms with van der Waals surface area (Å²) in [6.07, 6.45) is 4.76. The first kappa shape index (κ1) is 20.3. The second kappa shape index (κ2) is 8.43. The molecule has 0 unspecified atom stereocenters. The second-order valence-electron chi connectivity index (χ2n) is 7.26. The predicted molar refractivity (Wildman–Crippen MR) is 121 cm³/mol. The molecule has 0 spiro atoms. The molecule has 0 radical (unpaired) electrons. The van der Waals surface area contributed by atoms with Crippen molar-refractivity contribution in [3.8, 4) is 11.1 Å². The first-order valence-electron chi connectivity index (χ1n) is 10.3. The molecule has 0 bridgehead atoms. The van der Waals surface area contributed by atoms with Crippen molar-refractivity contribution in [1.29, 1.82) is 0 Å². The van der Waals surface area contributed by atoms with Crippen molar-refractivity contribution in [2.45, 2.75) is 33.2 Å². The first-order chi connectivity index (χ1) is 15.0. The third kappa shape index (κ3) is 3.79. The van der Waals surface area contributed by atoms with Gasteiger partial charge in [0.2, 0.25) is 0 Å². The number of rotatable bonds is 6. The van der Waals surface area contributed by atoms with Crippen LogP contribution in [0.2, 0.25) is 0 Å². The number of hydrogen-bond donors (Lipinski definition) is 2. The van der Waals surface area contributed by atoms with Crippen LogP contribution in [0.4, 0.5) is 11.5 Å². The molecule has 31 heavy (non-hydrogen) atoms. The second-order valence-corrected chi connectivity index (χ2v) is 7.26. The Labute approximate surface area is 179 Å². The van der Waals surface area contributed by atoms with Crippen LogP contribution in [0.25, 0.3) is 16.6 Å². The van der Waals surface area contributed by atoms with Crippen LogP contribution < -0.4 is 16.6 Å². The number of nitrogens with zero attached hydrogens (tertiary/aromatic N) is 4. The number of anilines is 2. The molecule has 0 saturated carbocycles. The van der Waals surface area contributed by atoms with Crippen molar-refractivity contribution in [2.24, 2.45) is 0 Å². The Balaban J connectivity index is 1.62. The van der Waals surface area contributed by atoms with Gasteiger partial charge in [-0.15, -0.1) is 0 Å². The van der Waals surface area contributed by atoms with Gasteiger partial charge in [0, 0.05) is 29.7 Å². The lowest BCUT2D eigenvalue weighted by atomic mass is 10.1. The lowest BCUT2D eigenvalue weighted by Crippen LogP contribution is -2.28. The molecule has 0 fully saturated rings. The summed E-state index contributed by atoms with van der Waals surface area (Å²) < 4.78 is 3.36. The number of hydrogen-bond acceptors (Lipinski definition) is 5. The smallest absolute Gasteiger partial charge is 0.263 e. The van der Waals surface area contributed by atoms with E-state index < -0.39 is 5.91 Å². The molecule has 1 amide bonds. The highest BCUT2D eigenvalue weighted by atomic mass is 16.2. The number of aromatic nitrogens is 4. The van der Waals surface area contributed by atoms with Gasteiger partial charge in [-0.1, -0.05) is 26.0 Å². The maximum absolute atomic E-state index is 12.6. The minimum Gasteiger partial charge on any atom is -0.382 e. The number of nitrogens with one attached hydrogen (secondary N) is 1. The molecule has 0 aliphatic rings. The summed E-state index contributed by atoms with van der Waals surface area (Å²) in [6, 6.07) is 12.7. The van der Waals surface area contributed by atoms with Crippen LogP contribution in [0.1, 0.15) is 36.3 Å². The summed E-state index contributed by atoms with van der Waals surface area (Å²) in [7, 11) is 0. The van der Waals surface area contributed by atoms with Gasteiger partial charge < -0.3 is 15.6 Å². The van der Waals surface area contributed by atoms with Gasteiger partial charge in [0.1, 0.15) is 17.4 Å². The standard InChI is InChI=1S/C23H24N6O2/c1-3-11-28-12-5-6-18(23(28)31)22(30)27-16-9-7-15(8-10-16)19-13-17(4-2)29-20(19)21(24)25-14-26-29/h5-10,12-14H,3-4,11H2,1-2H3,(H,27,30)(H2,24,25,26). The van der Waals surface area contributed by atoms with E-state index in [1.807, 2.05) is 29.6 Å². The molecule has 0 atom stereocenters. The van der Waals surface area contributed by atoms with Gasteiger partial charge in [0.25, 0.3) is 11.5 Å². The first-order valence-corrected chi connectivity index (χ1v) is 10.3. The molecule has 0 aliphatic heterocycles. The van der Waals surface area contributed by atoms with Gasteiger partial charge >= 0.3 is 0 Å². The zero-order valence-corrected chi connectivity index (χ0v) is 17.5. The Kier molecular flexibility index (Phi) is 5.53. The molecule has 0 aliphatic carbocycles. The molecule has 8 heteroatoms. The van der Waals surface area contributed by atoms with Gasteiger partial charge in [-0.2, -0.15) is 5.10 Å². The lowest BCUT2D eigenvalue weighted by molar-refractivity contribution is 0.102. The van der Waals surface area contributed by atoms with Gasteiger partial charge in [-0.05, 0) is 48.7 Å². The Morgan fingerprint density at radius 3 is 2.65 bits per heavy atom. The van der Waals surface area contributed by atoms with E-state index in [0.717, 1.165) is 35.2 Å². The topological polar surface area (TPSA) is 107 Å². The number of amides is 1. The van der Waals surface area contributed by atoms with Crippen molar-refractivity contribution in [3.63, 3.8) is 0 Å². The van der Waals surface area contributed by atoms with Crippen LogP contribution in [0.3, 0.4) is 0 Å². The van der Waals surface area contributed by atoms with E-state index in [-0.39, 0.29) is 11.1 Å². The van der Waals surface area contributed by atoms with Crippen LogP contribution in [0, 0.1) is 0 Å². The van der Waals surface area contributed by atoms with E-state index in [0.29, 0.717) is 18.1 Å². The molecular formula is C23H24N6O2. The van der Waals surface area contributed by atoms with Crippen LogP contribution in [0.15, 0.2) is 59.8 Å². The van der Waals surface area contributed by atoms with Crippen LogP contribution in [-0.2, 0) is 13.0 Å². The largest absolute Gasteiger partial charge is 0.382 e. The van der Waals surface area contributed by atoms with Gasteiger partial charge in [0.05, 0.1) is 0 Å². The Morgan fingerprint density at radius 2 is 1.94 bits per heavy atom. The highest BCUT2D eigenvalue weighted by Gasteiger charge is 2.15. The number of benzene rings is 1. The van der Waals surface area contributed by atoms with Crippen LogP contribution >= 0.6 is 0 Å². The average molecular weight is 416 g/mol. The molecule has 3 heterocycles. The summed E-state index contributed by atoms with van der Waals surface area (Å²) in [4.78, 5) is 29.3. The molecule has 4 aromatic rings. The summed E-state index contributed by atoms with van der Waals surface area (Å²) in [5.74, 6) is -0.0158. The van der Waals surface area contributed by atoms with Crippen LogP contribution in [-0.4, -0.2) is 25.1 Å². The Hall–Kier alpha value is -3.94. The van der Waals surface area contributed by atoms with Crippen molar-refractivity contribution >= 4 is 22.9 Å². The van der Waals surface area contributed by atoms with Crippen molar-refractivity contribution in [3.05, 3.63) is 76.6 Å². The van der Waals surface area contributed by atoms with Crippen molar-refractivity contribution < 1.29 is 4.79 Å². The van der Waals surface area contributed by atoms with Gasteiger partial charge in [-0.3, -0.25) is 9.59 Å². The maximum Gasteiger partial charge on any atom is 0.263 e. The van der Waals surface area contributed by atoms with Crippen molar-refractivity contribution in [1.82, 2.24) is 19.2 Å². The highest BCUT2D eigenvalue weighted by Crippen LogP contribution is 2.31. The molecule has 158 valence electrons. The van der Waals surface area contributed by atoms with Gasteiger partial charge in [-0.25, -0.2) is 9.50 Å². The third-order valence-corrected chi connectivity index (χ3v) is 5.20. The van der Waals surface area contributed by atoms with Gasteiger partial charge in [0.15, 0.2) is 5.82 Å². The number of fused-ring (bicyclic) bond motifs is 1. The van der Waals surface area contributed by atoms with E-state index >= 15 is 0 Å². The van der Waals surface area contributed by atoms with Crippen molar-refractivity contribution in [2.75, 3.05) is 11.1 Å². The number of nitrogen functional groups attached to an aromatic ring is 1. The minimum absolute atomic E-state index is 0.121. The molecule has 3 N–H and O–H groups in total. The number of nitrogens with two attached hydrogens (primary N) is 1. The summed E-state index contributed by atoms with van der Waals surface area (Å²) in [5.41, 5.74) is 10.2. The summed E-state index contributed by atoms with van der Waals surface area (Å²) >= 11 is 0. The molecular weight excluding hydrogens is 392 g/mol. The fourth-order valence-electron chi connectivity index (χ4n) is 3.66. The molecule has 0 saturated heterocycles. The number of carbonyl (C=O) groups excluding carboxylic acids is 1. The zero-order valence-electron chi connectivity index (χ0n) is 17.5. The van der Waals surface area contributed by atoms with E-state index in [1.54, 1.807) is 35.0 Å². The van der Waals surface area contributed by atoms with E-state index in [9.17, 15) is 9.59 Å². The number of pyridine rings is 1. The minimum atomic E-state index is -0.427. The monoisotopic (exact) mass is 416 g/mol. The SMILES string of the molecule is CCCn1cccc(C(=O)Nc2ccc(-c3cc(CC)n4ncnc(N)c34)cc2)c1=O. The summed E-state index contributed by atoms with van der Waals surface area (Å²) in [6.45, 7) is 4.62. The predicted octanol–water partition coefficient (Wildman–Crippen LogP) is 3.36. The van der Waals surface area contributed by atoms with E-state index in [4.69, 9.17) is 5.73 Å². The highest BCUT2D eigenvalue weighted by molar-refractivity contribution is 6.04. The Bertz CT molecular complexity index is 1300. The summed E-state index contributed by atoms with van der Waals surface area (Å²) in [5, 5.41) is 7.12. The fourth-order valence-corrected chi connectivity index (χ4v) is 3.66. The third-order valence-electron chi connectivity index (χ3n) is 5.20. The Morgan fingerprint density at radius 1 is 1.16 bits per heavy atom. The molecule has 1 aromatic carbocycles. The zero-order chi connectivity index (χ0) is 22.0. The molecule has 8 nitrogen and oxygen atoms in total. The number of aryl methyl sites for hydroxylation is 2. The van der Waals surface area contributed by atoms with E-state index in [2.05, 4.69) is 22.3 Å².